The summed E-state index contributed by atoms with van der Waals surface area (Å²) in [5, 5.41) is 2.90. The first-order valence-corrected chi connectivity index (χ1v) is 12.0. The summed E-state index contributed by atoms with van der Waals surface area (Å²) in [7, 11) is -3.11. The van der Waals surface area contributed by atoms with E-state index in [4.69, 9.17) is 4.74 Å². The largest absolute Gasteiger partial charge is 0.492 e. The van der Waals surface area contributed by atoms with Crippen LogP contribution in [0.1, 0.15) is 12.8 Å². The molecule has 1 saturated heterocycles. The maximum absolute atomic E-state index is 13.2. The molecule has 1 N–H and O–H groups in total. The van der Waals surface area contributed by atoms with E-state index < -0.39 is 14.7 Å². The minimum atomic E-state index is -3.11. The first kappa shape index (κ1) is 19.8. The Morgan fingerprint density at radius 3 is 2.83 bits per heavy atom. The minimum absolute atomic E-state index is 0.0353. The molecule has 2 aromatic carbocycles. The first-order valence-electron chi connectivity index (χ1n) is 9.12. The van der Waals surface area contributed by atoms with Crippen molar-refractivity contribution < 1.29 is 22.7 Å². The summed E-state index contributed by atoms with van der Waals surface area (Å²) < 4.78 is 28.0. The SMILES string of the molecule is CS(=O)(=O)CCOc1cccc(NC(=O)C23CCC(=O)N2c2ccccc2S3)c1. The fourth-order valence-electron chi connectivity index (χ4n) is 3.50. The van der Waals surface area contributed by atoms with Crippen LogP contribution in [-0.2, 0) is 19.4 Å². The van der Waals surface area contributed by atoms with Crippen molar-refractivity contribution in [3.05, 3.63) is 48.5 Å². The molecule has 1 unspecified atom stereocenters. The van der Waals surface area contributed by atoms with E-state index in [2.05, 4.69) is 5.32 Å². The van der Waals surface area contributed by atoms with Gasteiger partial charge in [-0.05, 0) is 30.7 Å². The quantitative estimate of drug-likeness (QED) is 0.755. The molecule has 29 heavy (non-hydrogen) atoms. The van der Waals surface area contributed by atoms with Crippen molar-refractivity contribution in [2.75, 3.05) is 28.8 Å². The highest BCUT2D eigenvalue weighted by Gasteiger charge is 2.57. The molecule has 152 valence electrons. The molecular formula is C20H20N2O5S2. The molecule has 0 aliphatic carbocycles. The standard InChI is InChI=1S/C20H20N2O5S2/c1-29(25,26)12-11-27-15-6-4-5-14(13-15)21-19(24)20-10-9-18(23)22(20)16-7-2-3-8-17(16)28-20/h2-8,13H,9-12H2,1H3,(H,21,24). The Labute approximate surface area is 173 Å². The van der Waals surface area contributed by atoms with Gasteiger partial charge < -0.3 is 10.1 Å². The molecule has 1 fully saturated rings. The van der Waals surface area contributed by atoms with Crippen LogP contribution < -0.4 is 15.0 Å². The van der Waals surface area contributed by atoms with Crippen LogP contribution in [0.25, 0.3) is 0 Å². The van der Waals surface area contributed by atoms with Gasteiger partial charge in [-0.2, -0.15) is 0 Å². The third-order valence-corrected chi connectivity index (χ3v) is 7.23. The van der Waals surface area contributed by atoms with Crippen LogP contribution >= 0.6 is 11.8 Å². The monoisotopic (exact) mass is 432 g/mol. The van der Waals surface area contributed by atoms with Crippen molar-refractivity contribution in [3.63, 3.8) is 0 Å². The van der Waals surface area contributed by atoms with Gasteiger partial charge in [0, 0.05) is 29.3 Å². The maximum Gasteiger partial charge on any atom is 0.261 e. The number of nitrogens with one attached hydrogen (secondary N) is 1. The van der Waals surface area contributed by atoms with Gasteiger partial charge in [-0.25, -0.2) is 8.42 Å². The number of ether oxygens (including phenoxy) is 1. The first-order chi connectivity index (χ1) is 13.8. The Morgan fingerprint density at radius 2 is 2.03 bits per heavy atom. The zero-order valence-electron chi connectivity index (χ0n) is 15.8. The van der Waals surface area contributed by atoms with Crippen molar-refractivity contribution in [1.82, 2.24) is 0 Å². The molecule has 0 spiro atoms. The highest BCUT2D eigenvalue weighted by atomic mass is 32.2. The van der Waals surface area contributed by atoms with Crippen LogP contribution in [0.2, 0.25) is 0 Å². The summed E-state index contributed by atoms with van der Waals surface area (Å²) >= 11 is 1.40. The van der Waals surface area contributed by atoms with E-state index >= 15 is 0 Å². The van der Waals surface area contributed by atoms with Gasteiger partial charge in [0.05, 0.1) is 11.4 Å². The Kier molecular flexibility index (Phi) is 5.04. The lowest BCUT2D eigenvalue weighted by molar-refractivity contribution is -0.121. The van der Waals surface area contributed by atoms with E-state index in [-0.39, 0.29) is 24.2 Å². The average Bonchev–Trinajstić information content (AvgIpc) is 3.17. The summed E-state index contributed by atoms with van der Waals surface area (Å²) in [6.07, 6.45) is 1.91. The van der Waals surface area contributed by atoms with Crippen LogP contribution in [0.3, 0.4) is 0 Å². The lowest BCUT2D eigenvalue weighted by atomic mass is 10.1. The maximum atomic E-state index is 13.2. The molecule has 0 saturated carbocycles. The summed E-state index contributed by atoms with van der Waals surface area (Å²) in [6.45, 7) is 0.0353. The molecule has 1 atom stereocenters. The third kappa shape index (κ3) is 3.84. The Bertz CT molecular complexity index is 1090. The van der Waals surface area contributed by atoms with Crippen molar-refractivity contribution in [2.45, 2.75) is 22.6 Å². The Balaban J connectivity index is 1.51. The van der Waals surface area contributed by atoms with E-state index in [1.165, 1.54) is 11.8 Å². The smallest absolute Gasteiger partial charge is 0.261 e. The van der Waals surface area contributed by atoms with Crippen molar-refractivity contribution in [1.29, 1.82) is 0 Å². The minimum Gasteiger partial charge on any atom is -0.492 e. The highest BCUT2D eigenvalue weighted by Crippen LogP contribution is 2.56. The van der Waals surface area contributed by atoms with E-state index in [9.17, 15) is 18.0 Å². The van der Waals surface area contributed by atoms with Crippen molar-refractivity contribution >= 4 is 44.8 Å². The van der Waals surface area contributed by atoms with E-state index in [1.54, 1.807) is 29.2 Å². The van der Waals surface area contributed by atoms with Crippen LogP contribution in [0.5, 0.6) is 5.75 Å². The Morgan fingerprint density at radius 1 is 1.24 bits per heavy atom. The topological polar surface area (TPSA) is 92.8 Å². The zero-order chi connectivity index (χ0) is 20.6. The van der Waals surface area contributed by atoms with E-state index in [1.807, 2.05) is 24.3 Å². The second-order valence-electron chi connectivity index (χ2n) is 7.04. The molecule has 0 aromatic heterocycles. The lowest BCUT2D eigenvalue weighted by Gasteiger charge is -2.29. The zero-order valence-corrected chi connectivity index (χ0v) is 17.4. The van der Waals surface area contributed by atoms with Gasteiger partial charge in [0.1, 0.15) is 12.4 Å². The second kappa shape index (κ2) is 7.38. The molecule has 7 nitrogen and oxygen atoms in total. The number of anilines is 2. The number of fused-ring (bicyclic) bond motifs is 3. The van der Waals surface area contributed by atoms with Gasteiger partial charge in [0.2, 0.25) is 5.91 Å². The van der Waals surface area contributed by atoms with E-state index in [0.29, 0.717) is 24.3 Å². The molecule has 4 rings (SSSR count). The number of sulfone groups is 1. The number of para-hydroxylation sites is 1. The number of rotatable bonds is 6. The summed E-state index contributed by atoms with van der Waals surface area (Å²) in [6, 6.07) is 14.3. The van der Waals surface area contributed by atoms with Gasteiger partial charge >= 0.3 is 0 Å². The summed E-state index contributed by atoms with van der Waals surface area (Å²) in [5.74, 6) is 0.0533. The lowest BCUT2D eigenvalue weighted by Crippen LogP contribution is -2.49. The van der Waals surface area contributed by atoms with Gasteiger partial charge in [0.15, 0.2) is 14.7 Å². The normalized spacial score (nSPS) is 20.3. The van der Waals surface area contributed by atoms with Gasteiger partial charge in [-0.1, -0.05) is 30.0 Å². The molecule has 2 aliphatic heterocycles. The van der Waals surface area contributed by atoms with Crippen molar-refractivity contribution in [3.8, 4) is 5.75 Å². The van der Waals surface area contributed by atoms with Gasteiger partial charge in [0.25, 0.3) is 5.91 Å². The summed E-state index contributed by atoms with van der Waals surface area (Å²) in [4.78, 5) is 27.3. The van der Waals surface area contributed by atoms with Crippen molar-refractivity contribution in [2.24, 2.45) is 0 Å². The predicted octanol–water partition coefficient (Wildman–Crippen LogP) is 2.68. The summed E-state index contributed by atoms with van der Waals surface area (Å²) in [5.41, 5.74) is 1.30. The van der Waals surface area contributed by atoms with Gasteiger partial charge in [-0.3, -0.25) is 14.5 Å². The van der Waals surface area contributed by atoms with Gasteiger partial charge in [-0.15, -0.1) is 0 Å². The molecular weight excluding hydrogens is 412 g/mol. The van der Waals surface area contributed by atoms with Crippen LogP contribution in [0.15, 0.2) is 53.4 Å². The Hall–Kier alpha value is -2.52. The fourth-order valence-corrected chi connectivity index (χ4v) is 5.30. The highest BCUT2D eigenvalue weighted by molar-refractivity contribution is 8.02. The second-order valence-corrected chi connectivity index (χ2v) is 10.6. The fraction of sp³-hybridized carbons (Fsp3) is 0.300. The predicted molar refractivity (Wildman–Crippen MR) is 112 cm³/mol. The number of hydrogen-bond acceptors (Lipinski definition) is 6. The van der Waals surface area contributed by atoms with Crippen LogP contribution in [0, 0.1) is 0 Å². The van der Waals surface area contributed by atoms with Crippen LogP contribution in [0.4, 0.5) is 11.4 Å². The van der Waals surface area contributed by atoms with Crippen LogP contribution in [-0.4, -0.2) is 43.7 Å². The molecule has 2 heterocycles. The molecule has 2 aliphatic rings. The molecule has 9 heteroatoms. The number of carbonyl (C=O) groups is 2. The number of amides is 2. The molecule has 0 bridgehead atoms. The molecule has 2 aromatic rings. The molecule has 0 radical (unpaired) electrons. The average molecular weight is 433 g/mol. The third-order valence-electron chi connectivity index (χ3n) is 4.84. The molecule has 2 amide bonds. The number of thioether (sulfide) groups is 1. The van der Waals surface area contributed by atoms with E-state index in [0.717, 1.165) is 16.8 Å². The number of hydrogen-bond donors (Lipinski definition) is 1. The number of nitrogens with zero attached hydrogens (tertiary/aromatic N) is 1. The number of benzene rings is 2. The number of carbonyl (C=O) groups excluding carboxylic acids is 2.